The van der Waals surface area contributed by atoms with Gasteiger partial charge in [0.15, 0.2) is 0 Å². The highest BCUT2D eigenvalue weighted by Crippen LogP contribution is 2.07. The average molecular weight is 280 g/mol. The first-order chi connectivity index (χ1) is 9.60. The first kappa shape index (κ1) is 14.0. The number of aromatic amines is 1. The molecule has 6 N–H and O–H groups in total. The fraction of sp³-hybridized carbons (Fsp3) is 0.455. The van der Waals surface area contributed by atoms with Crippen molar-refractivity contribution in [2.75, 3.05) is 0 Å². The van der Waals surface area contributed by atoms with Gasteiger partial charge in [-0.3, -0.25) is 24.9 Å². The van der Waals surface area contributed by atoms with Crippen LogP contribution in [0.2, 0.25) is 0 Å². The van der Waals surface area contributed by atoms with Crippen LogP contribution >= 0.6 is 0 Å². The standard InChI is InChI=1S/C11H16N6O3/c12-16-11(20)8(5-6-3-4-13-17-6)15-10(19)7-1-2-9(18)14-7/h3-4,7-8H,1-2,5,12H2,(H,13,17)(H,14,18)(H,15,19)(H,16,20)/t7-,8+/m1/s1. The van der Waals surface area contributed by atoms with Gasteiger partial charge in [0, 0.05) is 24.7 Å². The number of amides is 3. The van der Waals surface area contributed by atoms with Crippen LogP contribution in [0.5, 0.6) is 0 Å². The molecular formula is C11H16N6O3. The number of hydrogen-bond donors (Lipinski definition) is 5. The van der Waals surface area contributed by atoms with Gasteiger partial charge in [-0.1, -0.05) is 0 Å². The predicted molar refractivity (Wildman–Crippen MR) is 67.7 cm³/mol. The number of hydrogen-bond acceptors (Lipinski definition) is 5. The molecule has 9 nitrogen and oxygen atoms in total. The van der Waals surface area contributed by atoms with Crippen molar-refractivity contribution in [3.63, 3.8) is 0 Å². The lowest BCUT2D eigenvalue weighted by atomic mass is 10.1. The van der Waals surface area contributed by atoms with Crippen LogP contribution in [0.1, 0.15) is 18.5 Å². The predicted octanol–water partition coefficient (Wildman–Crippen LogP) is -2.29. The van der Waals surface area contributed by atoms with Crippen LogP contribution in [0.3, 0.4) is 0 Å². The zero-order valence-corrected chi connectivity index (χ0v) is 10.7. The lowest BCUT2D eigenvalue weighted by Gasteiger charge is -2.18. The number of nitrogens with two attached hydrogens (primary N) is 1. The molecule has 1 aromatic heterocycles. The molecule has 0 radical (unpaired) electrons. The van der Waals surface area contributed by atoms with Crippen molar-refractivity contribution in [3.05, 3.63) is 18.0 Å². The number of hydrazine groups is 1. The molecular weight excluding hydrogens is 264 g/mol. The van der Waals surface area contributed by atoms with Gasteiger partial charge in [-0.25, -0.2) is 5.84 Å². The van der Waals surface area contributed by atoms with Crippen LogP contribution < -0.4 is 21.9 Å². The maximum absolute atomic E-state index is 12.0. The van der Waals surface area contributed by atoms with Crippen LogP contribution in [0.4, 0.5) is 0 Å². The van der Waals surface area contributed by atoms with Gasteiger partial charge in [-0.2, -0.15) is 5.10 Å². The maximum Gasteiger partial charge on any atom is 0.256 e. The number of H-pyrrole nitrogens is 1. The van der Waals surface area contributed by atoms with Crippen LogP contribution in [0.25, 0.3) is 0 Å². The van der Waals surface area contributed by atoms with Crippen LogP contribution in [-0.2, 0) is 20.8 Å². The van der Waals surface area contributed by atoms with Crippen molar-refractivity contribution >= 4 is 17.7 Å². The third-order valence-corrected chi connectivity index (χ3v) is 3.07. The van der Waals surface area contributed by atoms with Gasteiger partial charge in [0.2, 0.25) is 11.8 Å². The van der Waals surface area contributed by atoms with Crippen molar-refractivity contribution in [1.82, 2.24) is 26.3 Å². The second-order valence-corrected chi connectivity index (χ2v) is 4.51. The fourth-order valence-electron chi connectivity index (χ4n) is 2.01. The highest BCUT2D eigenvalue weighted by atomic mass is 16.2. The lowest BCUT2D eigenvalue weighted by Crippen LogP contribution is -2.53. The summed E-state index contributed by atoms with van der Waals surface area (Å²) in [6.07, 6.45) is 2.51. The number of carbonyl (C=O) groups is 3. The molecule has 108 valence electrons. The largest absolute Gasteiger partial charge is 0.344 e. The van der Waals surface area contributed by atoms with E-state index in [9.17, 15) is 14.4 Å². The van der Waals surface area contributed by atoms with Gasteiger partial charge in [-0.15, -0.1) is 0 Å². The number of aromatic nitrogens is 2. The maximum atomic E-state index is 12.0. The number of rotatable bonds is 5. The Labute approximate surface area is 114 Å². The van der Waals surface area contributed by atoms with E-state index in [1.54, 1.807) is 12.3 Å². The van der Waals surface area contributed by atoms with Crippen molar-refractivity contribution in [1.29, 1.82) is 0 Å². The smallest absolute Gasteiger partial charge is 0.256 e. The number of nitrogens with zero attached hydrogens (tertiary/aromatic N) is 1. The van der Waals surface area contributed by atoms with Gasteiger partial charge < -0.3 is 10.6 Å². The molecule has 20 heavy (non-hydrogen) atoms. The molecule has 1 fully saturated rings. The van der Waals surface area contributed by atoms with Gasteiger partial charge in [0.25, 0.3) is 5.91 Å². The third kappa shape index (κ3) is 3.32. The highest BCUT2D eigenvalue weighted by molar-refractivity contribution is 5.93. The van der Waals surface area contributed by atoms with Gasteiger partial charge in [-0.05, 0) is 12.5 Å². The molecule has 0 aromatic carbocycles. The Morgan fingerprint density at radius 1 is 1.55 bits per heavy atom. The lowest BCUT2D eigenvalue weighted by molar-refractivity contribution is -0.130. The molecule has 1 aliphatic heterocycles. The molecule has 1 aromatic rings. The summed E-state index contributed by atoms with van der Waals surface area (Å²) in [5, 5.41) is 11.6. The van der Waals surface area contributed by atoms with Crippen molar-refractivity contribution in [2.24, 2.45) is 5.84 Å². The van der Waals surface area contributed by atoms with E-state index in [1.165, 1.54) is 0 Å². The second kappa shape index (κ2) is 6.15. The topological polar surface area (TPSA) is 142 Å². The van der Waals surface area contributed by atoms with E-state index in [2.05, 4.69) is 20.8 Å². The SMILES string of the molecule is NNC(=O)[C@H](Cc1ccn[nH]1)NC(=O)[C@H]1CCC(=O)N1. The van der Waals surface area contributed by atoms with E-state index in [0.29, 0.717) is 18.5 Å². The number of carbonyl (C=O) groups excluding carboxylic acids is 3. The number of nitrogens with one attached hydrogen (secondary N) is 4. The molecule has 0 saturated carbocycles. The molecule has 0 aliphatic carbocycles. The summed E-state index contributed by atoms with van der Waals surface area (Å²) in [6, 6.07) is 0.267. The van der Waals surface area contributed by atoms with Gasteiger partial charge >= 0.3 is 0 Å². The molecule has 1 saturated heterocycles. The minimum Gasteiger partial charge on any atom is -0.344 e. The van der Waals surface area contributed by atoms with Crippen molar-refractivity contribution < 1.29 is 14.4 Å². The summed E-state index contributed by atoms with van der Waals surface area (Å²) >= 11 is 0. The summed E-state index contributed by atoms with van der Waals surface area (Å²) in [5.41, 5.74) is 2.70. The quantitative estimate of drug-likeness (QED) is 0.234. The van der Waals surface area contributed by atoms with E-state index in [0.717, 1.165) is 0 Å². The van der Waals surface area contributed by atoms with Crippen molar-refractivity contribution in [3.8, 4) is 0 Å². The third-order valence-electron chi connectivity index (χ3n) is 3.07. The van der Waals surface area contributed by atoms with E-state index in [1.807, 2.05) is 5.43 Å². The molecule has 0 bridgehead atoms. The summed E-state index contributed by atoms with van der Waals surface area (Å²) in [7, 11) is 0. The minimum absolute atomic E-state index is 0.168. The zero-order chi connectivity index (χ0) is 14.5. The second-order valence-electron chi connectivity index (χ2n) is 4.51. The monoisotopic (exact) mass is 280 g/mol. The van der Waals surface area contributed by atoms with E-state index in [-0.39, 0.29) is 12.3 Å². The Morgan fingerprint density at radius 3 is 2.90 bits per heavy atom. The summed E-state index contributed by atoms with van der Waals surface area (Å²) < 4.78 is 0. The zero-order valence-electron chi connectivity index (χ0n) is 10.7. The van der Waals surface area contributed by atoms with Crippen LogP contribution in [0, 0.1) is 0 Å². The van der Waals surface area contributed by atoms with Gasteiger partial charge in [0.1, 0.15) is 12.1 Å². The Bertz CT molecular complexity index is 500. The van der Waals surface area contributed by atoms with Crippen LogP contribution in [-0.4, -0.2) is 40.0 Å². The van der Waals surface area contributed by atoms with Gasteiger partial charge in [0.05, 0.1) is 0 Å². The van der Waals surface area contributed by atoms with Crippen molar-refractivity contribution in [2.45, 2.75) is 31.3 Å². The molecule has 1 aliphatic rings. The highest BCUT2D eigenvalue weighted by Gasteiger charge is 2.30. The Hall–Kier alpha value is -2.42. The first-order valence-corrected chi connectivity index (χ1v) is 6.18. The molecule has 2 atom stereocenters. The Balaban J connectivity index is 1.98. The molecule has 3 amide bonds. The molecule has 9 heteroatoms. The molecule has 0 unspecified atom stereocenters. The summed E-state index contributed by atoms with van der Waals surface area (Å²) in [5.74, 6) is 4.02. The molecule has 2 heterocycles. The van der Waals surface area contributed by atoms with E-state index < -0.39 is 23.9 Å². The van der Waals surface area contributed by atoms with Crippen LogP contribution in [0.15, 0.2) is 12.3 Å². The molecule has 2 rings (SSSR count). The first-order valence-electron chi connectivity index (χ1n) is 6.18. The summed E-state index contributed by atoms with van der Waals surface area (Å²) in [6.45, 7) is 0. The van der Waals surface area contributed by atoms with E-state index >= 15 is 0 Å². The minimum atomic E-state index is -0.828. The summed E-state index contributed by atoms with van der Waals surface area (Å²) in [4.78, 5) is 34.7. The molecule has 0 spiro atoms. The normalized spacial score (nSPS) is 19.2. The Kier molecular flexibility index (Phi) is 4.31. The average Bonchev–Trinajstić information content (AvgIpc) is 3.08. The Morgan fingerprint density at radius 2 is 2.35 bits per heavy atom. The fourth-order valence-corrected chi connectivity index (χ4v) is 2.01. The van der Waals surface area contributed by atoms with E-state index in [4.69, 9.17) is 5.84 Å².